The molecule has 0 saturated heterocycles. The number of halogens is 1. The summed E-state index contributed by atoms with van der Waals surface area (Å²) in [5, 5.41) is 1.46. The molecule has 0 nitrogen and oxygen atoms in total. The monoisotopic (exact) mass is 198 g/mol. The van der Waals surface area contributed by atoms with Crippen molar-refractivity contribution in [2.75, 3.05) is 5.50 Å². The minimum Gasteiger partial charge on any atom is -0.130 e. The summed E-state index contributed by atoms with van der Waals surface area (Å²) in [7, 11) is -1.32. The van der Waals surface area contributed by atoms with E-state index in [4.69, 9.17) is 11.6 Å². The molecule has 0 aliphatic carbocycles. The van der Waals surface area contributed by atoms with E-state index in [2.05, 4.69) is 44.3 Å². The summed E-state index contributed by atoms with van der Waals surface area (Å²) in [6.07, 6.45) is 0. The maximum absolute atomic E-state index is 5.94. The van der Waals surface area contributed by atoms with Crippen LogP contribution in [0.15, 0.2) is 24.3 Å². The number of hydrogen-bond donors (Lipinski definition) is 0. The van der Waals surface area contributed by atoms with Crippen molar-refractivity contribution >= 4 is 24.9 Å². The first-order valence-electron chi connectivity index (χ1n) is 4.19. The first kappa shape index (κ1) is 9.81. The van der Waals surface area contributed by atoms with E-state index in [1.807, 2.05) is 0 Å². The second-order valence-corrected chi connectivity index (χ2v) is 9.30. The zero-order valence-electron chi connectivity index (χ0n) is 7.89. The van der Waals surface area contributed by atoms with Crippen LogP contribution in [0.2, 0.25) is 13.1 Å². The molecule has 0 aliphatic heterocycles. The Hall–Kier alpha value is -0.273. The van der Waals surface area contributed by atoms with Crippen LogP contribution in [0.5, 0.6) is 0 Å². The lowest BCUT2D eigenvalue weighted by atomic mass is 10.2. The summed E-state index contributed by atoms with van der Waals surface area (Å²) in [6.45, 7) is 6.73. The highest BCUT2D eigenvalue weighted by Crippen LogP contribution is 2.06. The summed E-state index contributed by atoms with van der Waals surface area (Å²) >= 11 is 5.94. The van der Waals surface area contributed by atoms with Crippen LogP contribution >= 0.6 is 11.6 Å². The van der Waals surface area contributed by atoms with Crippen molar-refractivity contribution < 1.29 is 0 Å². The fourth-order valence-corrected chi connectivity index (χ4v) is 2.93. The molecule has 0 amide bonds. The molecule has 66 valence electrons. The molecular weight excluding hydrogens is 184 g/mol. The van der Waals surface area contributed by atoms with Gasteiger partial charge in [0.05, 0.1) is 8.07 Å². The molecule has 2 heteroatoms. The molecule has 1 rings (SSSR count). The van der Waals surface area contributed by atoms with Crippen LogP contribution in [0.3, 0.4) is 0 Å². The number of benzene rings is 1. The van der Waals surface area contributed by atoms with E-state index in [1.54, 1.807) is 0 Å². The van der Waals surface area contributed by atoms with Crippen molar-refractivity contribution in [1.82, 2.24) is 0 Å². The molecular formula is C10H15ClSi. The van der Waals surface area contributed by atoms with Gasteiger partial charge in [-0.2, -0.15) is 0 Å². The van der Waals surface area contributed by atoms with Gasteiger partial charge >= 0.3 is 0 Å². The molecule has 0 spiro atoms. The lowest BCUT2D eigenvalue weighted by Gasteiger charge is -2.19. The second-order valence-electron chi connectivity index (χ2n) is 3.89. The summed E-state index contributed by atoms with van der Waals surface area (Å²) in [4.78, 5) is 0. The molecule has 12 heavy (non-hydrogen) atoms. The van der Waals surface area contributed by atoms with Gasteiger partial charge in [0.15, 0.2) is 0 Å². The Morgan fingerprint density at radius 2 is 2.00 bits per heavy atom. The molecule has 0 bridgehead atoms. The van der Waals surface area contributed by atoms with E-state index in [0.29, 0.717) is 0 Å². The number of hydrogen-bond acceptors (Lipinski definition) is 0. The fourth-order valence-electron chi connectivity index (χ4n) is 1.14. The Balaban J connectivity index is 3.03. The summed E-state index contributed by atoms with van der Waals surface area (Å²) in [6, 6.07) is 8.70. The highest BCUT2D eigenvalue weighted by Gasteiger charge is 2.21. The van der Waals surface area contributed by atoms with E-state index in [-0.39, 0.29) is 0 Å². The number of alkyl halides is 1. The predicted molar refractivity (Wildman–Crippen MR) is 59.0 cm³/mol. The van der Waals surface area contributed by atoms with E-state index in [1.165, 1.54) is 10.8 Å². The third-order valence-corrected chi connectivity index (χ3v) is 6.68. The predicted octanol–water partition coefficient (Wildman–Crippen LogP) is 2.69. The topological polar surface area (TPSA) is 0 Å². The molecule has 1 aromatic rings. The highest BCUT2D eigenvalue weighted by molar-refractivity contribution is 6.94. The standard InChI is InChI=1S/C10H15ClSi/c1-9-5-4-6-10(7-9)12(2,3)8-11/h4-7H,8H2,1-3H3. The van der Waals surface area contributed by atoms with Crippen LogP contribution in [0.1, 0.15) is 5.56 Å². The van der Waals surface area contributed by atoms with Crippen LogP contribution < -0.4 is 5.19 Å². The maximum atomic E-state index is 5.94. The first-order valence-corrected chi connectivity index (χ1v) is 7.93. The van der Waals surface area contributed by atoms with Crippen LogP contribution in [0, 0.1) is 6.92 Å². The van der Waals surface area contributed by atoms with Gasteiger partial charge in [-0.15, -0.1) is 11.6 Å². The Kier molecular flexibility index (Phi) is 2.97. The Bertz CT molecular complexity index is 268. The Morgan fingerprint density at radius 3 is 2.50 bits per heavy atom. The molecule has 0 atom stereocenters. The maximum Gasteiger partial charge on any atom is 0.0959 e. The van der Waals surface area contributed by atoms with Gasteiger partial charge in [0.25, 0.3) is 0 Å². The minimum absolute atomic E-state index is 0.802. The molecule has 0 unspecified atom stereocenters. The molecule has 0 fully saturated rings. The van der Waals surface area contributed by atoms with Gasteiger partial charge in [-0.3, -0.25) is 0 Å². The third-order valence-electron chi connectivity index (χ3n) is 2.13. The van der Waals surface area contributed by atoms with Gasteiger partial charge in [0.1, 0.15) is 0 Å². The van der Waals surface area contributed by atoms with Crippen molar-refractivity contribution in [1.29, 1.82) is 0 Å². The average Bonchev–Trinajstić information content (AvgIpc) is 2.05. The van der Waals surface area contributed by atoms with Gasteiger partial charge in [-0.25, -0.2) is 0 Å². The fraction of sp³-hybridized carbons (Fsp3) is 0.400. The van der Waals surface area contributed by atoms with Gasteiger partial charge < -0.3 is 0 Å². The molecule has 0 heterocycles. The number of rotatable bonds is 2. The SMILES string of the molecule is Cc1cccc([Si](C)(C)CCl)c1. The smallest absolute Gasteiger partial charge is 0.0959 e. The van der Waals surface area contributed by atoms with Gasteiger partial charge in [0, 0.05) is 5.50 Å². The molecule has 0 saturated carbocycles. The van der Waals surface area contributed by atoms with Crippen LogP contribution in [0.25, 0.3) is 0 Å². The Morgan fingerprint density at radius 1 is 1.33 bits per heavy atom. The summed E-state index contributed by atoms with van der Waals surface area (Å²) in [5.74, 6) is 0. The largest absolute Gasteiger partial charge is 0.130 e. The quantitative estimate of drug-likeness (QED) is 0.507. The lowest BCUT2D eigenvalue weighted by molar-refractivity contribution is 1.48. The highest BCUT2D eigenvalue weighted by atomic mass is 35.5. The third kappa shape index (κ3) is 2.11. The van der Waals surface area contributed by atoms with Gasteiger partial charge in [-0.05, 0) is 6.92 Å². The van der Waals surface area contributed by atoms with E-state index in [9.17, 15) is 0 Å². The molecule has 0 N–H and O–H groups in total. The molecule has 0 aliphatic rings. The summed E-state index contributed by atoms with van der Waals surface area (Å²) < 4.78 is 0. The zero-order valence-corrected chi connectivity index (χ0v) is 9.65. The van der Waals surface area contributed by atoms with Crippen molar-refractivity contribution in [3.63, 3.8) is 0 Å². The van der Waals surface area contributed by atoms with Crippen molar-refractivity contribution in [3.8, 4) is 0 Å². The summed E-state index contributed by atoms with van der Waals surface area (Å²) in [5.41, 5.74) is 2.13. The average molecular weight is 199 g/mol. The van der Waals surface area contributed by atoms with Crippen LogP contribution in [-0.2, 0) is 0 Å². The Labute approximate surface area is 80.6 Å². The van der Waals surface area contributed by atoms with E-state index >= 15 is 0 Å². The van der Waals surface area contributed by atoms with Gasteiger partial charge in [0.2, 0.25) is 0 Å². The zero-order chi connectivity index (χ0) is 9.19. The van der Waals surface area contributed by atoms with Gasteiger partial charge in [-0.1, -0.05) is 48.1 Å². The minimum atomic E-state index is -1.32. The second kappa shape index (κ2) is 3.63. The van der Waals surface area contributed by atoms with Crippen LogP contribution in [0.4, 0.5) is 0 Å². The molecule has 0 radical (unpaired) electrons. The van der Waals surface area contributed by atoms with Crippen molar-refractivity contribution in [2.45, 2.75) is 20.0 Å². The number of aryl methyl sites for hydroxylation is 1. The molecule has 0 aromatic heterocycles. The van der Waals surface area contributed by atoms with Crippen molar-refractivity contribution in [3.05, 3.63) is 29.8 Å². The first-order chi connectivity index (χ1) is 5.56. The van der Waals surface area contributed by atoms with E-state index in [0.717, 1.165) is 5.50 Å². The molecule has 1 aromatic carbocycles. The lowest BCUT2D eigenvalue weighted by Crippen LogP contribution is -2.43. The van der Waals surface area contributed by atoms with Crippen LogP contribution in [-0.4, -0.2) is 13.6 Å². The normalized spacial score (nSPS) is 11.7. The van der Waals surface area contributed by atoms with Crippen molar-refractivity contribution in [2.24, 2.45) is 0 Å². The van der Waals surface area contributed by atoms with E-state index < -0.39 is 8.07 Å².